The Balaban J connectivity index is 0.00000220. The lowest BCUT2D eigenvalue weighted by Gasteiger charge is -2.34. The number of benzene rings is 1. The quantitative estimate of drug-likeness (QED) is 0.659. The van der Waals surface area contributed by atoms with E-state index >= 15 is 0 Å². The van der Waals surface area contributed by atoms with Gasteiger partial charge in [-0.25, -0.2) is 0 Å². The number of hydrogen-bond acceptors (Lipinski definition) is 4. The molecule has 1 amide bonds. The van der Waals surface area contributed by atoms with Crippen molar-refractivity contribution in [2.45, 2.75) is 19.8 Å². The highest BCUT2D eigenvalue weighted by Gasteiger charge is 2.28. The highest BCUT2D eigenvalue weighted by atomic mass is 35.5. The first-order valence-electron chi connectivity index (χ1n) is 6.74. The number of piperidine rings is 1. The third-order valence-corrected chi connectivity index (χ3v) is 3.83. The molecule has 0 radical (unpaired) electrons. The van der Waals surface area contributed by atoms with Crippen LogP contribution < -0.4 is 10.6 Å². The third kappa shape index (κ3) is 4.41. The van der Waals surface area contributed by atoms with Crippen molar-refractivity contribution in [3.8, 4) is 0 Å². The van der Waals surface area contributed by atoms with Crippen LogP contribution in [0.2, 0.25) is 0 Å². The van der Waals surface area contributed by atoms with Crippen LogP contribution in [0, 0.1) is 15.5 Å². The van der Waals surface area contributed by atoms with Crippen LogP contribution in [0.5, 0.6) is 0 Å². The molecular weight excluding hydrogens is 294 g/mol. The summed E-state index contributed by atoms with van der Waals surface area (Å²) < 4.78 is 0. The molecule has 1 aliphatic rings. The number of hydrogen-bond donors (Lipinski definition) is 2. The van der Waals surface area contributed by atoms with Gasteiger partial charge in [0.25, 0.3) is 11.6 Å². The van der Waals surface area contributed by atoms with E-state index in [0.717, 1.165) is 25.9 Å². The van der Waals surface area contributed by atoms with Gasteiger partial charge in [-0.15, -0.1) is 12.4 Å². The van der Waals surface area contributed by atoms with Gasteiger partial charge in [0.05, 0.1) is 4.92 Å². The van der Waals surface area contributed by atoms with E-state index in [1.807, 2.05) is 0 Å². The van der Waals surface area contributed by atoms with Crippen LogP contribution in [0.25, 0.3) is 0 Å². The minimum Gasteiger partial charge on any atom is -0.351 e. The number of nitrogens with one attached hydrogen (secondary N) is 2. The first-order chi connectivity index (χ1) is 9.52. The summed E-state index contributed by atoms with van der Waals surface area (Å²) in [5.41, 5.74) is 0.0280. The molecule has 6 nitrogen and oxygen atoms in total. The number of para-hydroxylation sites is 1. The maximum absolute atomic E-state index is 12.1. The monoisotopic (exact) mass is 313 g/mol. The Morgan fingerprint density at radius 3 is 2.62 bits per heavy atom. The van der Waals surface area contributed by atoms with Crippen LogP contribution >= 0.6 is 12.4 Å². The molecule has 0 atom stereocenters. The van der Waals surface area contributed by atoms with E-state index < -0.39 is 4.92 Å². The van der Waals surface area contributed by atoms with Crippen LogP contribution in [0.15, 0.2) is 24.3 Å². The van der Waals surface area contributed by atoms with Crippen LogP contribution in [0.1, 0.15) is 30.1 Å². The van der Waals surface area contributed by atoms with Gasteiger partial charge in [-0.3, -0.25) is 14.9 Å². The smallest absolute Gasteiger partial charge is 0.282 e. The van der Waals surface area contributed by atoms with Gasteiger partial charge in [-0.2, -0.15) is 0 Å². The van der Waals surface area contributed by atoms with Gasteiger partial charge in [-0.05, 0) is 37.4 Å². The van der Waals surface area contributed by atoms with Crippen LogP contribution in [-0.2, 0) is 0 Å². The van der Waals surface area contributed by atoms with E-state index in [1.165, 1.54) is 12.1 Å². The number of nitro groups is 1. The zero-order valence-corrected chi connectivity index (χ0v) is 12.7. The van der Waals surface area contributed by atoms with E-state index in [2.05, 4.69) is 17.6 Å². The van der Waals surface area contributed by atoms with Crippen molar-refractivity contribution in [3.63, 3.8) is 0 Å². The van der Waals surface area contributed by atoms with E-state index in [0.29, 0.717) is 6.54 Å². The fourth-order valence-electron chi connectivity index (χ4n) is 2.42. The van der Waals surface area contributed by atoms with Crippen molar-refractivity contribution in [3.05, 3.63) is 39.9 Å². The number of carbonyl (C=O) groups is 1. The van der Waals surface area contributed by atoms with Gasteiger partial charge < -0.3 is 10.6 Å². The Kier molecular flexibility index (Phi) is 6.11. The number of halogens is 1. The summed E-state index contributed by atoms with van der Waals surface area (Å²) in [6.07, 6.45) is 1.98. The summed E-state index contributed by atoms with van der Waals surface area (Å²) in [6.45, 7) is 4.56. The second-order valence-corrected chi connectivity index (χ2v) is 5.52. The van der Waals surface area contributed by atoms with Crippen molar-refractivity contribution in [1.29, 1.82) is 0 Å². The van der Waals surface area contributed by atoms with Gasteiger partial charge in [0, 0.05) is 12.6 Å². The number of carbonyl (C=O) groups excluding carboxylic acids is 1. The minimum absolute atomic E-state index is 0. The molecule has 0 aliphatic carbocycles. The summed E-state index contributed by atoms with van der Waals surface area (Å²) in [6, 6.07) is 6.02. The summed E-state index contributed by atoms with van der Waals surface area (Å²) in [7, 11) is 0. The van der Waals surface area contributed by atoms with E-state index in [4.69, 9.17) is 0 Å². The maximum atomic E-state index is 12.1. The SMILES string of the molecule is CC1(CNC(=O)c2ccccc2[N+](=O)[O-])CCNCC1.Cl. The van der Waals surface area contributed by atoms with Crippen molar-refractivity contribution in [2.75, 3.05) is 19.6 Å². The van der Waals surface area contributed by atoms with Crippen LogP contribution in [0.4, 0.5) is 5.69 Å². The molecule has 0 saturated carbocycles. The van der Waals surface area contributed by atoms with Crippen LogP contribution in [-0.4, -0.2) is 30.5 Å². The van der Waals surface area contributed by atoms with Gasteiger partial charge in [0.2, 0.25) is 0 Å². The Labute approximate surface area is 129 Å². The normalized spacial score (nSPS) is 16.6. The highest BCUT2D eigenvalue weighted by molar-refractivity contribution is 5.98. The second-order valence-electron chi connectivity index (χ2n) is 5.52. The van der Waals surface area contributed by atoms with E-state index in [9.17, 15) is 14.9 Å². The second kappa shape index (κ2) is 7.38. The molecule has 116 valence electrons. The average Bonchev–Trinajstić information content (AvgIpc) is 2.45. The molecule has 1 saturated heterocycles. The largest absolute Gasteiger partial charge is 0.351 e. The average molecular weight is 314 g/mol. The van der Waals surface area contributed by atoms with Gasteiger partial charge in [0.15, 0.2) is 0 Å². The fourth-order valence-corrected chi connectivity index (χ4v) is 2.42. The van der Waals surface area contributed by atoms with E-state index in [-0.39, 0.29) is 35.0 Å². The summed E-state index contributed by atoms with van der Waals surface area (Å²) in [5, 5.41) is 17.0. The van der Waals surface area contributed by atoms with Crippen molar-refractivity contribution in [1.82, 2.24) is 10.6 Å². The summed E-state index contributed by atoms with van der Waals surface area (Å²) in [4.78, 5) is 22.5. The summed E-state index contributed by atoms with van der Waals surface area (Å²) in [5.74, 6) is -0.378. The molecule has 2 N–H and O–H groups in total. The Bertz CT molecular complexity index is 516. The molecule has 0 unspecified atom stereocenters. The molecular formula is C14H20ClN3O3. The molecule has 0 aromatic heterocycles. The predicted molar refractivity (Wildman–Crippen MR) is 82.9 cm³/mol. The number of rotatable bonds is 4. The molecule has 1 aromatic rings. The molecule has 1 heterocycles. The van der Waals surface area contributed by atoms with Gasteiger partial charge >= 0.3 is 0 Å². The van der Waals surface area contributed by atoms with Crippen molar-refractivity contribution < 1.29 is 9.72 Å². The van der Waals surface area contributed by atoms with Crippen molar-refractivity contribution >= 4 is 24.0 Å². The molecule has 7 heteroatoms. The highest BCUT2D eigenvalue weighted by Crippen LogP contribution is 2.27. The molecule has 0 spiro atoms. The summed E-state index contributed by atoms with van der Waals surface area (Å²) >= 11 is 0. The predicted octanol–water partition coefficient (Wildman–Crippen LogP) is 2.14. The van der Waals surface area contributed by atoms with Gasteiger partial charge in [-0.1, -0.05) is 19.1 Å². The van der Waals surface area contributed by atoms with Crippen LogP contribution in [0.3, 0.4) is 0 Å². The first kappa shape index (κ1) is 17.4. The molecule has 0 bridgehead atoms. The lowest BCUT2D eigenvalue weighted by atomic mass is 9.81. The van der Waals surface area contributed by atoms with Crippen molar-refractivity contribution in [2.24, 2.45) is 5.41 Å². The Morgan fingerprint density at radius 1 is 1.38 bits per heavy atom. The zero-order chi connectivity index (χ0) is 14.6. The molecule has 2 rings (SSSR count). The number of amides is 1. The molecule has 1 aliphatic heterocycles. The molecule has 1 fully saturated rings. The number of nitrogens with zero attached hydrogens (tertiary/aromatic N) is 1. The molecule has 21 heavy (non-hydrogen) atoms. The molecule has 1 aromatic carbocycles. The Hall–Kier alpha value is -1.66. The standard InChI is InChI=1S/C14H19N3O3.ClH/c1-14(6-8-15-9-7-14)10-16-13(18)11-4-2-3-5-12(11)17(19)20;/h2-5,15H,6-10H2,1H3,(H,16,18);1H. The lowest BCUT2D eigenvalue weighted by molar-refractivity contribution is -0.385. The lowest BCUT2D eigenvalue weighted by Crippen LogP contribution is -2.43. The number of nitro benzene ring substituents is 1. The zero-order valence-electron chi connectivity index (χ0n) is 11.9. The first-order valence-corrected chi connectivity index (χ1v) is 6.74. The van der Waals surface area contributed by atoms with Gasteiger partial charge in [0.1, 0.15) is 5.56 Å². The topological polar surface area (TPSA) is 84.3 Å². The minimum atomic E-state index is -0.527. The fraction of sp³-hybridized carbons (Fsp3) is 0.500. The van der Waals surface area contributed by atoms with E-state index in [1.54, 1.807) is 12.1 Å². The Morgan fingerprint density at radius 2 is 2.00 bits per heavy atom. The maximum Gasteiger partial charge on any atom is 0.282 e. The third-order valence-electron chi connectivity index (χ3n) is 3.83.